The molecule has 1 aromatic rings. The van der Waals surface area contributed by atoms with Crippen LogP contribution in [-0.2, 0) is 0 Å². The second-order valence-corrected chi connectivity index (χ2v) is 4.90. The van der Waals surface area contributed by atoms with Crippen LogP contribution in [0.2, 0.25) is 0 Å². The Balaban J connectivity index is 2.14. The molecule has 106 valence electrons. The molecule has 0 bridgehead atoms. The zero-order valence-corrected chi connectivity index (χ0v) is 11.7. The van der Waals surface area contributed by atoms with E-state index in [9.17, 15) is 0 Å². The van der Waals surface area contributed by atoms with Crippen LogP contribution in [0.15, 0.2) is 12.3 Å². The van der Waals surface area contributed by atoms with Gasteiger partial charge in [-0.3, -0.25) is 0 Å². The van der Waals surface area contributed by atoms with Gasteiger partial charge in [0.2, 0.25) is 11.8 Å². The molecule has 1 heterocycles. The van der Waals surface area contributed by atoms with E-state index >= 15 is 0 Å². The van der Waals surface area contributed by atoms with Gasteiger partial charge in [-0.1, -0.05) is 19.3 Å². The molecule has 0 atom stereocenters. The minimum absolute atomic E-state index is 0.522. The molecule has 0 spiro atoms. The zero-order valence-electron chi connectivity index (χ0n) is 11.7. The number of rotatable bonds is 6. The third-order valence-electron chi connectivity index (χ3n) is 3.55. The summed E-state index contributed by atoms with van der Waals surface area (Å²) < 4.78 is 5.45. The minimum Gasteiger partial charge on any atom is -0.478 e. The zero-order chi connectivity index (χ0) is 13.5. The normalized spacial score (nSPS) is 16.3. The van der Waals surface area contributed by atoms with E-state index in [0.29, 0.717) is 25.1 Å². The predicted molar refractivity (Wildman–Crippen MR) is 76.5 cm³/mol. The molecule has 1 aliphatic carbocycles. The first-order valence-corrected chi connectivity index (χ1v) is 7.27. The Labute approximate surface area is 115 Å². The summed E-state index contributed by atoms with van der Waals surface area (Å²) in [5.74, 6) is 1.40. The molecule has 0 saturated heterocycles. The lowest BCUT2D eigenvalue weighted by atomic mass is 9.94. The topological polar surface area (TPSA) is 64.3 Å². The van der Waals surface area contributed by atoms with Gasteiger partial charge in [0.05, 0.1) is 6.61 Å². The van der Waals surface area contributed by atoms with Crippen LogP contribution in [0.4, 0.5) is 5.95 Å². The molecule has 1 aliphatic rings. The minimum atomic E-state index is 0.522. The maximum absolute atomic E-state index is 5.74. The summed E-state index contributed by atoms with van der Waals surface area (Å²) in [7, 11) is 0. The van der Waals surface area contributed by atoms with Gasteiger partial charge in [0.1, 0.15) is 0 Å². The highest BCUT2D eigenvalue weighted by atomic mass is 16.5. The number of anilines is 1. The number of nitrogens with zero attached hydrogens (tertiary/aromatic N) is 3. The van der Waals surface area contributed by atoms with Crippen LogP contribution < -0.4 is 15.4 Å². The van der Waals surface area contributed by atoms with Gasteiger partial charge in [0.25, 0.3) is 0 Å². The number of hydrogen-bond donors (Lipinski definition) is 1. The summed E-state index contributed by atoms with van der Waals surface area (Å²) in [4.78, 5) is 11.1. The molecular weight excluding hydrogens is 240 g/mol. The SMILES string of the molecule is CCOc1ccnc(N(CCN)C2CCCCC2)n1. The summed E-state index contributed by atoms with van der Waals surface area (Å²) in [5.41, 5.74) is 5.74. The van der Waals surface area contributed by atoms with Crippen LogP contribution in [0.25, 0.3) is 0 Å². The van der Waals surface area contributed by atoms with Crippen LogP contribution in [0.1, 0.15) is 39.0 Å². The van der Waals surface area contributed by atoms with Gasteiger partial charge in [-0.2, -0.15) is 4.98 Å². The van der Waals surface area contributed by atoms with E-state index in [4.69, 9.17) is 10.5 Å². The summed E-state index contributed by atoms with van der Waals surface area (Å²) in [5, 5.41) is 0. The summed E-state index contributed by atoms with van der Waals surface area (Å²) in [6, 6.07) is 2.32. The Hall–Kier alpha value is -1.36. The van der Waals surface area contributed by atoms with E-state index < -0.39 is 0 Å². The highest BCUT2D eigenvalue weighted by Gasteiger charge is 2.22. The van der Waals surface area contributed by atoms with Crippen molar-refractivity contribution in [3.05, 3.63) is 12.3 Å². The van der Waals surface area contributed by atoms with Gasteiger partial charge in [-0.25, -0.2) is 4.98 Å². The predicted octanol–water partition coefficient (Wildman–Crippen LogP) is 1.97. The average Bonchev–Trinajstić information content (AvgIpc) is 2.46. The molecule has 5 heteroatoms. The molecule has 5 nitrogen and oxygen atoms in total. The lowest BCUT2D eigenvalue weighted by molar-refractivity contribution is 0.325. The first-order chi connectivity index (χ1) is 9.35. The second kappa shape index (κ2) is 7.28. The molecular formula is C14H24N4O. The molecule has 1 fully saturated rings. The van der Waals surface area contributed by atoms with Gasteiger partial charge in [-0.15, -0.1) is 0 Å². The second-order valence-electron chi connectivity index (χ2n) is 4.90. The van der Waals surface area contributed by atoms with Gasteiger partial charge in [0.15, 0.2) is 0 Å². The smallest absolute Gasteiger partial charge is 0.228 e. The Bertz CT molecular complexity index is 379. The molecule has 2 N–H and O–H groups in total. The molecule has 1 aromatic heterocycles. The highest BCUT2D eigenvalue weighted by Crippen LogP contribution is 2.25. The van der Waals surface area contributed by atoms with Crippen molar-refractivity contribution in [3.8, 4) is 5.88 Å². The van der Waals surface area contributed by atoms with E-state index in [0.717, 1.165) is 12.5 Å². The fourth-order valence-electron chi connectivity index (χ4n) is 2.68. The molecule has 0 unspecified atom stereocenters. The van der Waals surface area contributed by atoms with Crippen molar-refractivity contribution in [1.29, 1.82) is 0 Å². The fraction of sp³-hybridized carbons (Fsp3) is 0.714. The van der Waals surface area contributed by atoms with Crippen LogP contribution in [0.5, 0.6) is 5.88 Å². The quantitative estimate of drug-likeness (QED) is 0.851. The Morgan fingerprint density at radius 1 is 1.37 bits per heavy atom. The van der Waals surface area contributed by atoms with Crippen molar-refractivity contribution in [3.63, 3.8) is 0 Å². The Morgan fingerprint density at radius 2 is 2.16 bits per heavy atom. The van der Waals surface area contributed by atoms with Crippen molar-refractivity contribution in [2.45, 2.75) is 45.1 Å². The van der Waals surface area contributed by atoms with Gasteiger partial charge in [-0.05, 0) is 19.8 Å². The van der Waals surface area contributed by atoms with Crippen molar-refractivity contribution in [1.82, 2.24) is 9.97 Å². The van der Waals surface area contributed by atoms with Crippen LogP contribution in [-0.4, -0.2) is 35.7 Å². The maximum Gasteiger partial charge on any atom is 0.228 e. The Kier molecular flexibility index (Phi) is 5.39. The van der Waals surface area contributed by atoms with Crippen LogP contribution in [0, 0.1) is 0 Å². The summed E-state index contributed by atoms with van der Waals surface area (Å²) in [6.07, 6.45) is 8.10. The van der Waals surface area contributed by atoms with E-state index in [1.165, 1.54) is 32.1 Å². The van der Waals surface area contributed by atoms with Gasteiger partial charge in [0, 0.05) is 31.4 Å². The lowest BCUT2D eigenvalue weighted by Gasteiger charge is -2.34. The highest BCUT2D eigenvalue weighted by molar-refractivity contribution is 5.34. The van der Waals surface area contributed by atoms with E-state index in [1.54, 1.807) is 12.3 Å². The number of ether oxygens (including phenoxy) is 1. The number of hydrogen-bond acceptors (Lipinski definition) is 5. The van der Waals surface area contributed by atoms with Crippen molar-refractivity contribution >= 4 is 5.95 Å². The van der Waals surface area contributed by atoms with Crippen LogP contribution in [0.3, 0.4) is 0 Å². The van der Waals surface area contributed by atoms with Crippen LogP contribution >= 0.6 is 0 Å². The fourth-order valence-corrected chi connectivity index (χ4v) is 2.68. The molecule has 1 saturated carbocycles. The molecule has 0 aromatic carbocycles. The average molecular weight is 264 g/mol. The molecule has 0 amide bonds. The van der Waals surface area contributed by atoms with E-state index in [2.05, 4.69) is 14.9 Å². The van der Waals surface area contributed by atoms with Gasteiger partial charge >= 0.3 is 0 Å². The van der Waals surface area contributed by atoms with E-state index in [1.807, 2.05) is 6.92 Å². The largest absolute Gasteiger partial charge is 0.478 e. The molecule has 19 heavy (non-hydrogen) atoms. The van der Waals surface area contributed by atoms with Gasteiger partial charge < -0.3 is 15.4 Å². The molecule has 2 rings (SSSR count). The summed E-state index contributed by atoms with van der Waals surface area (Å²) >= 11 is 0. The van der Waals surface area contributed by atoms with Crippen molar-refractivity contribution in [2.75, 3.05) is 24.6 Å². The number of nitrogens with two attached hydrogens (primary N) is 1. The summed E-state index contributed by atoms with van der Waals surface area (Å²) in [6.45, 7) is 4.01. The molecule has 0 radical (unpaired) electrons. The Morgan fingerprint density at radius 3 is 2.84 bits per heavy atom. The van der Waals surface area contributed by atoms with Crippen molar-refractivity contribution < 1.29 is 4.74 Å². The first-order valence-electron chi connectivity index (χ1n) is 7.27. The monoisotopic (exact) mass is 264 g/mol. The lowest BCUT2D eigenvalue weighted by Crippen LogP contribution is -2.41. The standard InChI is InChI=1S/C14H24N4O/c1-2-19-13-8-10-16-14(17-13)18(11-9-15)12-6-4-3-5-7-12/h8,10,12H,2-7,9,11,15H2,1H3. The third kappa shape index (κ3) is 3.80. The first kappa shape index (κ1) is 14.1. The molecule has 0 aliphatic heterocycles. The number of aromatic nitrogens is 2. The third-order valence-corrected chi connectivity index (χ3v) is 3.55. The van der Waals surface area contributed by atoms with E-state index in [-0.39, 0.29) is 0 Å². The van der Waals surface area contributed by atoms with Crippen molar-refractivity contribution in [2.24, 2.45) is 5.73 Å². The maximum atomic E-state index is 5.74.